The second-order valence-corrected chi connectivity index (χ2v) is 7.90. The molecule has 126 valence electrons. The van der Waals surface area contributed by atoms with Crippen LogP contribution in [0.3, 0.4) is 0 Å². The van der Waals surface area contributed by atoms with Crippen LogP contribution in [0.5, 0.6) is 0 Å². The fraction of sp³-hybridized carbons (Fsp3) is 0.278. The molecule has 6 heteroatoms. The number of carbonyl (C=O) groups is 1. The monoisotopic (exact) mass is 344 g/mol. The summed E-state index contributed by atoms with van der Waals surface area (Å²) in [6.45, 7) is 1.50. The van der Waals surface area contributed by atoms with Crippen molar-refractivity contribution in [3.63, 3.8) is 0 Å². The molecule has 0 aliphatic carbocycles. The summed E-state index contributed by atoms with van der Waals surface area (Å²) in [6, 6.07) is 15.4. The van der Waals surface area contributed by atoms with Gasteiger partial charge in [0.15, 0.2) is 9.84 Å². The highest BCUT2D eigenvalue weighted by Crippen LogP contribution is 2.23. The molecular weight excluding hydrogens is 324 g/mol. The van der Waals surface area contributed by atoms with Gasteiger partial charge in [-0.3, -0.25) is 4.79 Å². The molecule has 0 unspecified atom stereocenters. The van der Waals surface area contributed by atoms with Gasteiger partial charge in [0, 0.05) is 12.2 Å². The molecule has 2 N–H and O–H groups in total. The lowest BCUT2D eigenvalue weighted by Gasteiger charge is -2.14. The molecule has 1 aliphatic heterocycles. The van der Waals surface area contributed by atoms with Crippen LogP contribution in [0, 0.1) is 5.92 Å². The van der Waals surface area contributed by atoms with E-state index in [-0.39, 0.29) is 22.5 Å². The average molecular weight is 344 g/mol. The molecule has 1 atom stereocenters. The Labute approximate surface area is 142 Å². The number of rotatable bonds is 5. The van der Waals surface area contributed by atoms with Crippen molar-refractivity contribution >= 4 is 21.4 Å². The summed E-state index contributed by atoms with van der Waals surface area (Å²) in [5.74, 6) is -0.274. The minimum Gasteiger partial charge on any atom is -0.326 e. The second-order valence-electron chi connectivity index (χ2n) is 5.91. The number of hydrogen-bond acceptors (Lipinski definition) is 4. The van der Waals surface area contributed by atoms with E-state index in [9.17, 15) is 13.2 Å². The molecule has 3 rings (SSSR count). The molecule has 1 amide bonds. The zero-order valence-corrected chi connectivity index (χ0v) is 14.1. The number of benzene rings is 2. The van der Waals surface area contributed by atoms with Crippen molar-refractivity contribution < 1.29 is 13.2 Å². The summed E-state index contributed by atoms with van der Waals surface area (Å²) in [6.07, 6.45) is 0.802. The highest BCUT2D eigenvalue weighted by Gasteiger charge is 2.24. The topological polar surface area (TPSA) is 75.3 Å². The molecule has 1 saturated heterocycles. The maximum Gasteiger partial charge on any atom is 0.228 e. The molecule has 0 spiro atoms. The maximum absolute atomic E-state index is 12.6. The van der Waals surface area contributed by atoms with Crippen molar-refractivity contribution in [3.8, 4) is 0 Å². The van der Waals surface area contributed by atoms with Gasteiger partial charge in [-0.1, -0.05) is 36.4 Å². The number of carbonyl (C=O) groups excluding carboxylic acids is 1. The zero-order chi connectivity index (χ0) is 17.0. The quantitative estimate of drug-likeness (QED) is 0.872. The van der Waals surface area contributed by atoms with E-state index in [0.717, 1.165) is 13.0 Å². The van der Waals surface area contributed by atoms with Gasteiger partial charge in [-0.2, -0.15) is 0 Å². The normalized spacial score (nSPS) is 17.6. The fourth-order valence-corrected chi connectivity index (χ4v) is 4.20. The number of amides is 1. The van der Waals surface area contributed by atoms with Crippen LogP contribution in [0.4, 0.5) is 5.69 Å². The molecule has 1 fully saturated rings. The number of sulfone groups is 1. The number of hydrogen-bond donors (Lipinski definition) is 2. The smallest absolute Gasteiger partial charge is 0.228 e. The van der Waals surface area contributed by atoms with Crippen molar-refractivity contribution in [3.05, 3.63) is 60.2 Å². The van der Waals surface area contributed by atoms with Gasteiger partial charge in [-0.05, 0) is 36.7 Å². The molecular formula is C18H20N2O3S. The van der Waals surface area contributed by atoms with Gasteiger partial charge in [-0.15, -0.1) is 0 Å². The van der Waals surface area contributed by atoms with Crippen LogP contribution in [0.2, 0.25) is 0 Å². The first-order valence-corrected chi connectivity index (χ1v) is 9.59. The first-order chi connectivity index (χ1) is 11.6. The Kier molecular flexibility index (Phi) is 4.97. The molecule has 0 bridgehead atoms. The van der Waals surface area contributed by atoms with Crippen molar-refractivity contribution in [2.75, 3.05) is 18.4 Å². The molecule has 0 aromatic heterocycles. The van der Waals surface area contributed by atoms with E-state index in [1.165, 1.54) is 0 Å². The molecule has 2 aromatic carbocycles. The van der Waals surface area contributed by atoms with Crippen LogP contribution in [-0.2, 0) is 20.4 Å². The van der Waals surface area contributed by atoms with E-state index in [4.69, 9.17) is 0 Å². The maximum atomic E-state index is 12.6. The largest absolute Gasteiger partial charge is 0.326 e. The van der Waals surface area contributed by atoms with E-state index in [2.05, 4.69) is 10.6 Å². The lowest BCUT2D eigenvalue weighted by Crippen LogP contribution is -2.25. The van der Waals surface area contributed by atoms with Gasteiger partial charge < -0.3 is 10.6 Å². The Morgan fingerprint density at radius 2 is 1.79 bits per heavy atom. The Hall–Kier alpha value is -2.18. The van der Waals surface area contributed by atoms with E-state index < -0.39 is 9.84 Å². The molecule has 1 heterocycles. The van der Waals surface area contributed by atoms with Crippen molar-refractivity contribution in [1.82, 2.24) is 5.32 Å². The van der Waals surface area contributed by atoms with Gasteiger partial charge >= 0.3 is 0 Å². The number of nitrogens with one attached hydrogen (secondary N) is 2. The molecule has 0 saturated carbocycles. The highest BCUT2D eigenvalue weighted by molar-refractivity contribution is 7.90. The summed E-state index contributed by atoms with van der Waals surface area (Å²) in [4.78, 5) is 12.6. The van der Waals surface area contributed by atoms with Crippen LogP contribution >= 0.6 is 0 Å². The molecule has 0 radical (unpaired) electrons. The van der Waals surface area contributed by atoms with Crippen LogP contribution < -0.4 is 10.6 Å². The third-order valence-corrected chi connectivity index (χ3v) is 5.84. The van der Waals surface area contributed by atoms with Crippen LogP contribution in [0.25, 0.3) is 0 Å². The molecule has 2 aromatic rings. The predicted molar refractivity (Wildman–Crippen MR) is 93.4 cm³/mol. The SMILES string of the molecule is O=C(Nc1ccccc1CS(=O)(=O)c1ccccc1)[C@@H]1CCNC1. The number of para-hydroxylation sites is 1. The number of anilines is 1. The summed E-state index contributed by atoms with van der Waals surface area (Å²) >= 11 is 0. The second kappa shape index (κ2) is 7.15. The standard InChI is InChI=1S/C18H20N2O3S/c21-18(14-10-11-19-12-14)20-17-9-5-4-6-15(17)13-24(22,23)16-7-2-1-3-8-16/h1-9,14,19H,10-13H2,(H,20,21)/t14-/m1/s1. The first-order valence-electron chi connectivity index (χ1n) is 7.93. The lowest BCUT2D eigenvalue weighted by molar-refractivity contribution is -0.119. The molecule has 1 aliphatic rings. The minimum absolute atomic E-state index is 0.0652. The zero-order valence-electron chi connectivity index (χ0n) is 13.2. The fourth-order valence-electron chi connectivity index (χ4n) is 2.80. The van der Waals surface area contributed by atoms with E-state index in [0.29, 0.717) is 17.8 Å². The van der Waals surface area contributed by atoms with Crippen molar-refractivity contribution in [2.24, 2.45) is 5.92 Å². The van der Waals surface area contributed by atoms with Gasteiger partial charge in [0.2, 0.25) is 5.91 Å². The van der Waals surface area contributed by atoms with E-state index in [1.54, 1.807) is 54.6 Å². The van der Waals surface area contributed by atoms with Crippen LogP contribution in [0.1, 0.15) is 12.0 Å². The Bertz CT molecular complexity index is 813. The Balaban J connectivity index is 1.80. The van der Waals surface area contributed by atoms with Crippen molar-refractivity contribution in [2.45, 2.75) is 17.1 Å². The Morgan fingerprint density at radius 1 is 1.08 bits per heavy atom. The van der Waals surface area contributed by atoms with Crippen LogP contribution in [-0.4, -0.2) is 27.4 Å². The predicted octanol–water partition coefficient (Wildman–Crippen LogP) is 2.21. The third-order valence-electron chi connectivity index (χ3n) is 4.15. The summed E-state index contributed by atoms with van der Waals surface area (Å²) in [5, 5.41) is 6.04. The summed E-state index contributed by atoms with van der Waals surface area (Å²) in [5.41, 5.74) is 1.16. The van der Waals surface area contributed by atoms with Gasteiger partial charge in [0.05, 0.1) is 16.6 Å². The molecule has 24 heavy (non-hydrogen) atoms. The van der Waals surface area contributed by atoms with E-state index in [1.807, 2.05) is 0 Å². The Morgan fingerprint density at radius 3 is 2.50 bits per heavy atom. The third kappa shape index (κ3) is 3.83. The van der Waals surface area contributed by atoms with E-state index >= 15 is 0 Å². The highest BCUT2D eigenvalue weighted by atomic mass is 32.2. The van der Waals surface area contributed by atoms with Gasteiger partial charge in [0.1, 0.15) is 0 Å². The van der Waals surface area contributed by atoms with Crippen molar-refractivity contribution in [1.29, 1.82) is 0 Å². The summed E-state index contributed by atoms with van der Waals surface area (Å²) in [7, 11) is -3.45. The first kappa shape index (κ1) is 16.7. The molecule has 5 nitrogen and oxygen atoms in total. The van der Waals surface area contributed by atoms with Gasteiger partial charge in [-0.25, -0.2) is 8.42 Å². The lowest BCUT2D eigenvalue weighted by atomic mass is 10.1. The average Bonchev–Trinajstić information content (AvgIpc) is 3.12. The van der Waals surface area contributed by atoms with Crippen LogP contribution in [0.15, 0.2) is 59.5 Å². The summed E-state index contributed by atoms with van der Waals surface area (Å²) < 4.78 is 25.1. The van der Waals surface area contributed by atoms with Gasteiger partial charge in [0.25, 0.3) is 0 Å². The minimum atomic E-state index is -3.45.